The minimum absolute atomic E-state index is 0.0742. The van der Waals surface area contributed by atoms with E-state index in [4.69, 9.17) is 14.2 Å². The normalized spacial score (nSPS) is 33.5. The van der Waals surface area contributed by atoms with Gasteiger partial charge in [0.15, 0.2) is 5.75 Å². The smallest absolute Gasteiger partial charge is 0.312 e. The molecule has 2 aromatic rings. The summed E-state index contributed by atoms with van der Waals surface area (Å²) in [6, 6.07) is 0.561. The molecule has 328 valence electrons. The number of benzene rings is 2. The van der Waals surface area contributed by atoms with Crippen LogP contribution in [0.2, 0.25) is 0 Å². The Morgan fingerprint density at radius 3 is 2.15 bits per heavy atom. The largest absolute Gasteiger partial charge is 0.507 e. The summed E-state index contributed by atoms with van der Waals surface area (Å²) in [5.41, 5.74) is -0.233. The number of nitrogens with zero attached hydrogens (tertiary/aromatic N) is 3. The van der Waals surface area contributed by atoms with E-state index >= 15 is 0 Å². The van der Waals surface area contributed by atoms with Crippen LogP contribution in [0.1, 0.15) is 88.7 Å². The molecule has 15 nitrogen and oxygen atoms in total. The monoisotopic (exact) mass is 834 g/mol. The van der Waals surface area contributed by atoms with Crippen LogP contribution < -0.4 is 10.1 Å². The summed E-state index contributed by atoms with van der Waals surface area (Å²) in [5.74, 6) is -7.52. The van der Waals surface area contributed by atoms with Gasteiger partial charge in [0.1, 0.15) is 17.2 Å². The zero-order valence-corrected chi connectivity index (χ0v) is 35.9. The van der Waals surface area contributed by atoms with Gasteiger partial charge in [-0.1, -0.05) is 58.8 Å². The lowest BCUT2D eigenvalue weighted by molar-refractivity contribution is -0.112. The third-order valence-corrected chi connectivity index (χ3v) is 13.3. The highest BCUT2D eigenvalue weighted by molar-refractivity contribution is 6.23. The number of amides is 1. The number of rotatable bonds is 4. The second kappa shape index (κ2) is 18.1. The molecule has 7 N–H and O–H groups in total. The first kappa shape index (κ1) is 44.9. The first-order valence-corrected chi connectivity index (χ1v) is 21.0. The standard InChI is InChI=1S/C45H62N4O11/c1-23-12-11-13-24(2)44(57)47-35-30(22-46-49-19-17-48(18-20-49)29-14-9-10-15-29)40(54)32-33(41(35)55)39(53)28(6)42-34(32)43(56)45(7,60-42)59-21-16-31(58-8)25(3)37(51)27(5)38(52)26(4)36(23)50/h11-13,16,21-23,25-27,29,31,36-38,50-55H,9-10,14-15,17-20H2,1-8H3,(H,47,57)/b12-11+,21-16+,24-13-,46-22-/t23-,25+,26-,27+,31+,36+,37-,38+,45+/m1/s1. The van der Waals surface area contributed by atoms with Crippen LogP contribution in [0.25, 0.3) is 10.8 Å². The van der Waals surface area contributed by atoms with Crippen LogP contribution in [0.4, 0.5) is 5.69 Å². The number of phenolic OH excluding ortho intramolecular Hbond substituents is 3. The van der Waals surface area contributed by atoms with Crippen molar-refractivity contribution in [3.8, 4) is 23.0 Å². The molecule has 2 fully saturated rings. The Bertz CT molecular complexity index is 2070. The molecule has 60 heavy (non-hydrogen) atoms. The van der Waals surface area contributed by atoms with Crippen molar-refractivity contribution in [2.45, 2.75) is 110 Å². The summed E-state index contributed by atoms with van der Waals surface area (Å²) in [7, 11) is 1.45. The number of nitrogens with one attached hydrogen (secondary N) is 1. The number of hydrogen-bond donors (Lipinski definition) is 7. The van der Waals surface area contributed by atoms with Crippen molar-refractivity contribution >= 4 is 34.4 Å². The zero-order valence-electron chi connectivity index (χ0n) is 35.9. The van der Waals surface area contributed by atoms with Gasteiger partial charge in [-0.2, -0.15) is 5.10 Å². The van der Waals surface area contributed by atoms with E-state index in [-0.39, 0.29) is 44.5 Å². The number of carbonyl (C=O) groups is 2. The molecule has 0 spiro atoms. The summed E-state index contributed by atoms with van der Waals surface area (Å²) < 4.78 is 17.8. The van der Waals surface area contributed by atoms with Crippen molar-refractivity contribution in [3.63, 3.8) is 0 Å². The van der Waals surface area contributed by atoms with Gasteiger partial charge in [-0.05, 0) is 32.8 Å². The van der Waals surface area contributed by atoms with Gasteiger partial charge in [0.05, 0.1) is 59.1 Å². The molecule has 0 aromatic heterocycles. The number of aromatic hydroxyl groups is 3. The Hall–Kier alpha value is -4.67. The van der Waals surface area contributed by atoms with Crippen LogP contribution in [-0.4, -0.2) is 128 Å². The maximum Gasteiger partial charge on any atom is 0.312 e. The van der Waals surface area contributed by atoms with Crippen molar-refractivity contribution in [1.82, 2.24) is 9.91 Å². The third kappa shape index (κ3) is 8.47. The van der Waals surface area contributed by atoms with Crippen LogP contribution in [-0.2, 0) is 14.3 Å². The highest BCUT2D eigenvalue weighted by atomic mass is 16.7. The molecule has 0 unspecified atom stereocenters. The van der Waals surface area contributed by atoms with E-state index in [9.17, 15) is 40.2 Å². The average Bonchev–Trinajstić information content (AvgIpc) is 3.87. The molecule has 4 heterocycles. The summed E-state index contributed by atoms with van der Waals surface area (Å²) >= 11 is 0. The number of carbonyl (C=O) groups excluding carboxylic acids is 2. The molecule has 9 atom stereocenters. The summed E-state index contributed by atoms with van der Waals surface area (Å²) in [5, 5.41) is 78.4. The predicted octanol–water partition coefficient (Wildman–Crippen LogP) is 5.08. The second-order valence-electron chi connectivity index (χ2n) is 17.2. The van der Waals surface area contributed by atoms with Crippen molar-refractivity contribution in [2.75, 3.05) is 38.6 Å². The fourth-order valence-electron chi connectivity index (χ4n) is 9.08. The number of Topliss-reactive ketones (excluding diaryl/α,β-unsaturated/α-hetero) is 1. The maximum absolute atomic E-state index is 14.4. The van der Waals surface area contributed by atoms with Crippen molar-refractivity contribution in [1.29, 1.82) is 0 Å². The Morgan fingerprint density at radius 2 is 1.50 bits per heavy atom. The number of ether oxygens (including phenoxy) is 3. The summed E-state index contributed by atoms with van der Waals surface area (Å²) in [4.78, 5) is 30.7. The minimum Gasteiger partial charge on any atom is -0.507 e. The molecule has 1 aliphatic carbocycles. The number of methoxy groups -OCH3 is 1. The van der Waals surface area contributed by atoms with Crippen molar-refractivity contribution in [3.05, 3.63) is 52.8 Å². The lowest BCUT2D eigenvalue weighted by Gasteiger charge is -2.36. The Kier molecular flexibility index (Phi) is 13.6. The molecule has 2 aromatic carbocycles. The molecular weight excluding hydrogens is 773 g/mol. The zero-order chi connectivity index (χ0) is 43.8. The predicted molar refractivity (Wildman–Crippen MR) is 227 cm³/mol. The van der Waals surface area contributed by atoms with Gasteiger partial charge in [-0.25, -0.2) is 0 Å². The first-order valence-electron chi connectivity index (χ1n) is 21.0. The molecule has 7 rings (SSSR count). The molecule has 1 saturated carbocycles. The van der Waals surface area contributed by atoms with Crippen LogP contribution in [0.5, 0.6) is 23.0 Å². The Balaban J connectivity index is 1.46. The van der Waals surface area contributed by atoms with Gasteiger partial charge in [0.2, 0.25) is 0 Å². The van der Waals surface area contributed by atoms with E-state index in [1.165, 1.54) is 71.3 Å². The fourth-order valence-corrected chi connectivity index (χ4v) is 9.08. The van der Waals surface area contributed by atoms with Crippen LogP contribution in [0.3, 0.4) is 0 Å². The number of aliphatic hydroxyl groups excluding tert-OH is 3. The van der Waals surface area contributed by atoms with E-state index < -0.39 is 82.8 Å². The Morgan fingerprint density at radius 1 is 0.867 bits per heavy atom. The topological polar surface area (TPSA) is 214 Å². The number of piperazine rings is 1. The van der Waals surface area contributed by atoms with Crippen molar-refractivity contribution in [2.24, 2.45) is 28.8 Å². The van der Waals surface area contributed by atoms with E-state index in [0.29, 0.717) is 19.1 Å². The van der Waals surface area contributed by atoms with Gasteiger partial charge in [0.25, 0.3) is 11.7 Å². The van der Waals surface area contributed by atoms with Gasteiger partial charge < -0.3 is 50.2 Å². The molecule has 4 aliphatic heterocycles. The van der Waals surface area contributed by atoms with Gasteiger partial charge in [0, 0.05) is 86.4 Å². The van der Waals surface area contributed by atoms with E-state index in [0.717, 1.165) is 13.1 Å². The molecule has 5 bridgehead atoms. The van der Waals surface area contributed by atoms with E-state index in [1.54, 1.807) is 46.8 Å². The van der Waals surface area contributed by atoms with Gasteiger partial charge >= 0.3 is 5.79 Å². The minimum atomic E-state index is -2.01. The number of allylic oxidation sites excluding steroid dienone is 2. The number of aliphatic hydroxyl groups is 3. The maximum atomic E-state index is 14.4. The molecule has 5 aliphatic rings. The van der Waals surface area contributed by atoms with Crippen LogP contribution in [0, 0.1) is 30.6 Å². The van der Waals surface area contributed by atoms with Crippen LogP contribution in [0.15, 0.2) is 41.2 Å². The average molecular weight is 835 g/mol. The summed E-state index contributed by atoms with van der Waals surface area (Å²) in [6.45, 7) is 14.1. The van der Waals surface area contributed by atoms with Gasteiger partial charge in [-0.3, -0.25) is 19.5 Å². The number of hydrazone groups is 1. The van der Waals surface area contributed by atoms with E-state index in [1.807, 2.05) is 5.01 Å². The quantitative estimate of drug-likeness (QED) is 0.122. The molecule has 0 radical (unpaired) electrons. The number of hydrogen-bond acceptors (Lipinski definition) is 14. The highest BCUT2D eigenvalue weighted by Crippen LogP contribution is 2.55. The second-order valence-corrected chi connectivity index (χ2v) is 17.2. The van der Waals surface area contributed by atoms with Crippen LogP contribution >= 0.6 is 0 Å². The van der Waals surface area contributed by atoms with E-state index in [2.05, 4.69) is 15.3 Å². The van der Waals surface area contributed by atoms with Gasteiger partial charge in [-0.15, -0.1) is 0 Å². The third-order valence-electron chi connectivity index (χ3n) is 13.3. The van der Waals surface area contributed by atoms with Crippen molar-refractivity contribution < 1.29 is 54.4 Å². The molecule has 1 amide bonds. The number of fused-ring (bicyclic) bond motifs is 14. The number of anilines is 1. The Labute approximate surface area is 351 Å². The number of phenols is 3. The first-order chi connectivity index (χ1) is 28.4. The SMILES string of the molecule is CO[C@H]1/C=C/O[C@@]2(C)Oc3c(C)c(O)c4c(O)c(c(/C=N\N5CCN(C6CCCC6)CC5)c(O)c4c3C2=O)NC(=O)/C(C)=C\C=C\[C@@H](C)[C@H](O)[C@@H](C)[C@H](O)[C@@H](C)[C@H](O)[C@H]1C. The fraction of sp³-hybridized carbons (Fsp3) is 0.578. The number of ketones is 1. The lowest BCUT2D eigenvalue weighted by atomic mass is 9.78. The summed E-state index contributed by atoms with van der Waals surface area (Å²) in [6.07, 6.45) is 9.71. The molecular formula is C45H62N4O11. The molecule has 1 saturated heterocycles. The molecule has 15 heteroatoms. The highest BCUT2D eigenvalue weighted by Gasteiger charge is 2.50. The lowest BCUT2D eigenvalue weighted by Crippen LogP contribution is -2.47.